The molecule has 0 aliphatic heterocycles. The number of nitro groups is 1. The van der Waals surface area contributed by atoms with E-state index in [9.17, 15) is 10.1 Å². The maximum absolute atomic E-state index is 10.9. The zero-order valence-corrected chi connectivity index (χ0v) is 11.6. The first kappa shape index (κ1) is 14.1. The Balaban J connectivity index is 1.99. The van der Waals surface area contributed by atoms with Crippen LogP contribution in [0.15, 0.2) is 36.5 Å². The Morgan fingerprint density at radius 1 is 1.20 bits per heavy atom. The van der Waals surface area contributed by atoms with Gasteiger partial charge in [0.05, 0.1) is 10.6 Å². The van der Waals surface area contributed by atoms with Crippen LogP contribution in [0.5, 0.6) is 0 Å². The van der Waals surface area contributed by atoms with Gasteiger partial charge in [-0.15, -0.1) is 0 Å². The van der Waals surface area contributed by atoms with Crippen molar-refractivity contribution in [3.63, 3.8) is 0 Å². The molecule has 0 saturated heterocycles. The lowest BCUT2D eigenvalue weighted by molar-refractivity contribution is -0.385. The van der Waals surface area contributed by atoms with Gasteiger partial charge in [-0.05, 0) is 31.0 Å². The molecule has 5 heteroatoms. The van der Waals surface area contributed by atoms with Crippen LogP contribution < -0.4 is 5.32 Å². The van der Waals surface area contributed by atoms with Crippen LogP contribution in [0.1, 0.15) is 22.4 Å². The van der Waals surface area contributed by atoms with E-state index in [-0.39, 0.29) is 10.6 Å². The van der Waals surface area contributed by atoms with Gasteiger partial charge in [0.25, 0.3) is 5.69 Å². The summed E-state index contributed by atoms with van der Waals surface area (Å²) in [6.45, 7) is 5.00. The number of rotatable bonds is 5. The molecule has 20 heavy (non-hydrogen) atoms. The lowest BCUT2D eigenvalue weighted by Gasteiger charge is -2.08. The molecular weight excluding hydrogens is 254 g/mol. The fraction of sp³-hybridized carbons (Fsp3) is 0.267. The predicted molar refractivity (Wildman–Crippen MR) is 77.4 cm³/mol. The highest BCUT2D eigenvalue weighted by molar-refractivity contribution is 5.44. The summed E-state index contributed by atoms with van der Waals surface area (Å²) in [6.07, 6.45) is 1.83. The average Bonchev–Trinajstić information content (AvgIpc) is 2.42. The summed E-state index contributed by atoms with van der Waals surface area (Å²) in [4.78, 5) is 14.8. The Morgan fingerprint density at radius 2 is 2.00 bits per heavy atom. The lowest BCUT2D eigenvalue weighted by atomic mass is 10.1. The summed E-state index contributed by atoms with van der Waals surface area (Å²) in [5.41, 5.74) is 3.90. The molecule has 0 spiro atoms. The Bertz CT molecular complexity index is 609. The van der Waals surface area contributed by atoms with Gasteiger partial charge in [0.1, 0.15) is 0 Å². The minimum absolute atomic E-state index is 0.165. The van der Waals surface area contributed by atoms with Crippen LogP contribution in [0, 0.1) is 24.0 Å². The number of aryl methyl sites for hydroxylation is 1. The molecule has 1 N–H and O–H groups in total. The van der Waals surface area contributed by atoms with Gasteiger partial charge in [-0.1, -0.05) is 18.2 Å². The van der Waals surface area contributed by atoms with Crippen LogP contribution in [0.3, 0.4) is 0 Å². The number of hydrogen-bond acceptors (Lipinski definition) is 4. The van der Waals surface area contributed by atoms with Gasteiger partial charge in [0.15, 0.2) is 0 Å². The van der Waals surface area contributed by atoms with Gasteiger partial charge >= 0.3 is 0 Å². The molecule has 0 saturated carbocycles. The van der Waals surface area contributed by atoms with Gasteiger partial charge in [0.2, 0.25) is 0 Å². The topological polar surface area (TPSA) is 68.1 Å². The first-order chi connectivity index (χ1) is 9.58. The largest absolute Gasteiger partial charge is 0.307 e. The highest BCUT2D eigenvalue weighted by Gasteiger charge is 2.12. The average molecular weight is 271 g/mol. The first-order valence-corrected chi connectivity index (χ1v) is 6.43. The quantitative estimate of drug-likeness (QED) is 0.670. The van der Waals surface area contributed by atoms with Crippen molar-refractivity contribution in [3.8, 4) is 0 Å². The number of nitro benzene ring substituents is 1. The molecule has 104 valence electrons. The van der Waals surface area contributed by atoms with Crippen molar-refractivity contribution >= 4 is 5.69 Å². The van der Waals surface area contributed by atoms with Crippen molar-refractivity contribution in [3.05, 3.63) is 69.0 Å². The third kappa shape index (κ3) is 3.39. The molecule has 0 amide bonds. The fourth-order valence-corrected chi connectivity index (χ4v) is 1.99. The summed E-state index contributed by atoms with van der Waals surface area (Å²) in [6, 6.07) is 9.13. The number of benzene rings is 1. The molecule has 1 heterocycles. The molecular formula is C15H17N3O2. The summed E-state index contributed by atoms with van der Waals surface area (Å²) < 4.78 is 0. The molecule has 0 fully saturated rings. The van der Waals surface area contributed by atoms with Crippen molar-refractivity contribution in [2.75, 3.05) is 0 Å². The van der Waals surface area contributed by atoms with Crippen LogP contribution in [0.4, 0.5) is 5.69 Å². The Hall–Kier alpha value is -2.27. The fourth-order valence-electron chi connectivity index (χ4n) is 1.99. The Morgan fingerprint density at radius 3 is 2.65 bits per heavy atom. The predicted octanol–water partition coefficient (Wildman–Crippen LogP) is 2.90. The number of nitrogens with zero attached hydrogens (tertiary/aromatic N) is 2. The van der Waals surface area contributed by atoms with E-state index in [1.165, 1.54) is 6.07 Å². The zero-order chi connectivity index (χ0) is 14.5. The van der Waals surface area contributed by atoms with E-state index in [1.807, 2.05) is 31.3 Å². The van der Waals surface area contributed by atoms with Crippen LogP contribution >= 0.6 is 0 Å². The highest BCUT2D eigenvalue weighted by atomic mass is 16.6. The van der Waals surface area contributed by atoms with E-state index in [1.54, 1.807) is 13.0 Å². The van der Waals surface area contributed by atoms with E-state index in [0.29, 0.717) is 18.7 Å². The second-order valence-corrected chi connectivity index (χ2v) is 4.75. The molecule has 0 radical (unpaired) electrons. The Labute approximate surface area is 117 Å². The highest BCUT2D eigenvalue weighted by Crippen LogP contribution is 2.20. The van der Waals surface area contributed by atoms with Crippen LogP contribution in [0.2, 0.25) is 0 Å². The number of hydrogen-bond donors (Lipinski definition) is 1. The second-order valence-electron chi connectivity index (χ2n) is 4.75. The number of pyridine rings is 1. The summed E-state index contributed by atoms with van der Waals surface area (Å²) in [5.74, 6) is 0. The maximum Gasteiger partial charge on any atom is 0.272 e. The van der Waals surface area contributed by atoms with Crippen molar-refractivity contribution in [2.45, 2.75) is 26.9 Å². The van der Waals surface area contributed by atoms with Crippen LogP contribution in [-0.2, 0) is 13.1 Å². The minimum atomic E-state index is -0.347. The molecule has 0 aliphatic carbocycles. The third-order valence-electron chi connectivity index (χ3n) is 3.21. The SMILES string of the molecule is Cc1ccc(CNCc2cccc([N+](=O)[O-])c2C)nc1. The van der Waals surface area contributed by atoms with Gasteiger partial charge in [0, 0.05) is 30.9 Å². The van der Waals surface area contributed by atoms with E-state index in [2.05, 4.69) is 10.3 Å². The van der Waals surface area contributed by atoms with Gasteiger partial charge in [-0.25, -0.2) is 0 Å². The first-order valence-electron chi connectivity index (χ1n) is 6.43. The molecule has 0 bridgehead atoms. The minimum Gasteiger partial charge on any atom is -0.307 e. The van der Waals surface area contributed by atoms with E-state index in [0.717, 1.165) is 16.8 Å². The van der Waals surface area contributed by atoms with Crippen molar-refractivity contribution < 1.29 is 4.92 Å². The summed E-state index contributed by atoms with van der Waals surface area (Å²) >= 11 is 0. The third-order valence-corrected chi connectivity index (χ3v) is 3.21. The molecule has 1 aromatic heterocycles. The maximum atomic E-state index is 10.9. The van der Waals surface area contributed by atoms with E-state index >= 15 is 0 Å². The second kappa shape index (κ2) is 6.25. The lowest BCUT2D eigenvalue weighted by Crippen LogP contribution is -2.14. The van der Waals surface area contributed by atoms with Crippen molar-refractivity contribution in [1.82, 2.24) is 10.3 Å². The van der Waals surface area contributed by atoms with Crippen molar-refractivity contribution in [1.29, 1.82) is 0 Å². The molecule has 0 unspecified atom stereocenters. The standard InChI is InChI=1S/C15H17N3O2/c1-11-6-7-14(17-8-11)10-16-9-13-4-3-5-15(12(13)2)18(19)20/h3-8,16H,9-10H2,1-2H3. The van der Waals surface area contributed by atoms with Gasteiger partial charge < -0.3 is 5.32 Å². The number of aromatic nitrogens is 1. The molecule has 0 aliphatic rings. The van der Waals surface area contributed by atoms with Crippen LogP contribution in [-0.4, -0.2) is 9.91 Å². The Kier molecular flexibility index (Phi) is 4.42. The molecule has 2 rings (SSSR count). The monoisotopic (exact) mass is 271 g/mol. The number of nitrogens with one attached hydrogen (secondary N) is 1. The summed E-state index contributed by atoms with van der Waals surface area (Å²) in [5, 5.41) is 14.1. The molecule has 5 nitrogen and oxygen atoms in total. The summed E-state index contributed by atoms with van der Waals surface area (Å²) in [7, 11) is 0. The van der Waals surface area contributed by atoms with Gasteiger partial charge in [-0.2, -0.15) is 0 Å². The normalized spacial score (nSPS) is 10.5. The smallest absolute Gasteiger partial charge is 0.272 e. The van der Waals surface area contributed by atoms with E-state index < -0.39 is 0 Å². The van der Waals surface area contributed by atoms with Crippen LogP contribution in [0.25, 0.3) is 0 Å². The molecule has 1 aromatic carbocycles. The molecule has 0 atom stereocenters. The molecule has 2 aromatic rings. The zero-order valence-electron chi connectivity index (χ0n) is 11.6. The van der Waals surface area contributed by atoms with E-state index in [4.69, 9.17) is 0 Å². The van der Waals surface area contributed by atoms with Gasteiger partial charge in [-0.3, -0.25) is 15.1 Å². The van der Waals surface area contributed by atoms with Crippen molar-refractivity contribution in [2.24, 2.45) is 0 Å².